The Bertz CT molecular complexity index is 475. The predicted molar refractivity (Wildman–Crippen MR) is 60.4 cm³/mol. The smallest absolute Gasteiger partial charge is 0.282 e. The third kappa shape index (κ3) is 1.73. The van der Waals surface area contributed by atoms with Crippen molar-refractivity contribution in [3.8, 4) is 0 Å². The first-order valence-corrected chi connectivity index (χ1v) is 7.45. The number of hydrogen-bond acceptors (Lipinski definition) is 3. The molecule has 0 aromatic heterocycles. The first-order valence-electron chi connectivity index (χ1n) is 5.95. The van der Waals surface area contributed by atoms with Crippen molar-refractivity contribution in [2.24, 2.45) is 17.3 Å². The minimum absolute atomic E-state index is 0.0269. The van der Waals surface area contributed by atoms with Gasteiger partial charge in [0.2, 0.25) is 0 Å². The molecule has 0 radical (unpaired) electrons. The maximum atomic E-state index is 13.1. The molecule has 0 heterocycles. The summed E-state index contributed by atoms with van der Waals surface area (Å²) in [4.78, 5) is 0. The van der Waals surface area contributed by atoms with Crippen LogP contribution in [0.15, 0.2) is 11.6 Å². The zero-order chi connectivity index (χ0) is 12.3. The molecule has 4 atom stereocenters. The van der Waals surface area contributed by atoms with Gasteiger partial charge in [-0.1, -0.05) is 11.6 Å². The maximum absolute atomic E-state index is 13.1. The number of allylic oxidation sites excluding steroid dienone is 1. The van der Waals surface area contributed by atoms with Gasteiger partial charge < -0.3 is 0 Å². The average molecular weight is 261 g/mol. The Hall–Kier alpha value is -0.460. The Labute approximate surface area is 100 Å². The fourth-order valence-electron chi connectivity index (χ4n) is 3.93. The van der Waals surface area contributed by atoms with Crippen LogP contribution in [-0.4, -0.2) is 25.1 Å². The zero-order valence-electron chi connectivity index (χ0n) is 9.39. The van der Waals surface area contributed by atoms with Gasteiger partial charge in [0.25, 0.3) is 5.63 Å². The molecule has 0 aromatic carbocycles. The molecule has 17 heavy (non-hydrogen) atoms. The molecule has 4 aliphatic carbocycles. The monoisotopic (exact) mass is 261 g/mol. The summed E-state index contributed by atoms with van der Waals surface area (Å²) in [5.74, 6) is 1.32. The minimum Gasteiger partial charge on any atom is -0.282 e. The molecule has 4 bridgehead atoms. The van der Waals surface area contributed by atoms with Gasteiger partial charge in [-0.2, -0.15) is 8.42 Å². The maximum Gasteiger partial charge on any atom is 0.311 e. The van der Waals surface area contributed by atoms with Crippen LogP contribution in [0.5, 0.6) is 0 Å². The highest BCUT2D eigenvalue weighted by Gasteiger charge is 2.56. The van der Waals surface area contributed by atoms with Gasteiger partial charge in [-0.15, -0.1) is 0 Å². The highest BCUT2D eigenvalue weighted by molar-refractivity contribution is 7.86. The third-order valence-corrected chi connectivity index (χ3v) is 5.21. The molecule has 0 aliphatic heterocycles. The predicted octanol–water partition coefficient (Wildman–Crippen LogP) is 1.46. The van der Waals surface area contributed by atoms with Gasteiger partial charge in [-0.25, -0.2) is 4.39 Å². The van der Waals surface area contributed by atoms with Crippen molar-refractivity contribution in [1.29, 1.82) is 0 Å². The van der Waals surface area contributed by atoms with Crippen molar-refractivity contribution in [3.63, 3.8) is 0 Å². The van der Waals surface area contributed by atoms with E-state index in [0.29, 0.717) is 18.4 Å². The van der Waals surface area contributed by atoms with Crippen molar-refractivity contribution in [2.75, 3.05) is 6.54 Å². The molecule has 0 spiro atoms. The summed E-state index contributed by atoms with van der Waals surface area (Å²) in [5.41, 5.74) is -1.01. The SMILES string of the molecule is O=S(=O)(O)C(F)NCC12CC3CC=C1C(C3)C2. The molecule has 2 N–H and O–H groups in total. The second-order valence-corrected chi connectivity index (χ2v) is 7.04. The minimum atomic E-state index is -4.62. The molecule has 0 amide bonds. The number of hydrogen-bond donors (Lipinski definition) is 2. The number of rotatable bonds is 4. The summed E-state index contributed by atoms with van der Waals surface area (Å²) < 4.78 is 42.9. The van der Waals surface area contributed by atoms with Crippen LogP contribution in [0.25, 0.3) is 0 Å². The molecular formula is C11H16FNO3S. The van der Waals surface area contributed by atoms with E-state index in [0.717, 1.165) is 19.3 Å². The molecule has 0 saturated heterocycles. The second kappa shape index (κ2) is 3.52. The lowest BCUT2D eigenvalue weighted by atomic mass is 9.45. The van der Waals surface area contributed by atoms with E-state index in [4.69, 9.17) is 4.55 Å². The quantitative estimate of drug-likeness (QED) is 0.457. The fraction of sp³-hybridized carbons (Fsp3) is 0.818. The van der Waals surface area contributed by atoms with Crippen molar-refractivity contribution < 1.29 is 17.4 Å². The van der Waals surface area contributed by atoms with Crippen LogP contribution in [0, 0.1) is 17.3 Å². The molecule has 6 heteroatoms. The van der Waals surface area contributed by atoms with Crippen LogP contribution >= 0.6 is 0 Å². The van der Waals surface area contributed by atoms with E-state index in [1.54, 1.807) is 0 Å². The van der Waals surface area contributed by atoms with Gasteiger partial charge in [-0.05, 0) is 37.5 Å². The van der Waals surface area contributed by atoms with Crippen molar-refractivity contribution in [1.82, 2.24) is 5.32 Å². The van der Waals surface area contributed by atoms with Crippen LogP contribution in [0.1, 0.15) is 25.7 Å². The van der Waals surface area contributed by atoms with E-state index in [1.165, 1.54) is 12.0 Å². The highest BCUT2D eigenvalue weighted by Crippen LogP contribution is 2.64. The van der Waals surface area contributed by atoms with Crippen LogP contribution in [0.4, 0.5) is 4.39 Å². The zero-order valence-corrected chi connectivity index (χ0v) is 10.2. The standard InChI is InChI=1S/C11H16FNO3S/c12-10(17(14,15)16)13-6-11-4-7-1-2-9(11)8(3-7)5-11/h2,7-8,10,13H,1,3-6H2,(H,14,15,16). The van der Waals surface area contributed by atoms with E-state index in [-0.39, 0.29) is 5.41 Å². The summed E-state index contributed by atoms with van der Waals surface area (Å²) in [7, 11) is -4.62. The Kier molecular flexibility index (Phi) is 2.41. The summed E-state index contributed by atoms with van der Waals surface area (Å²) in [5, 5.41) is 2.31. The lowest BCUT2D eigenvalue weighted by Gasteiger charge is -2.61. The Morgan fingerprint density at radius 2 is 2.35 bits per heavy atom. The first kappa shape index (κ1) is 11.6. The average Bonchev–Trinajstić information content (AvgIpc) is 2.24. The summed E-state index contributed by atoms with van der Waals surface area (Å²) in [6.45, 7) is 0.312. The Balaban J connectivity index is 1.68. The number of fused-ring (bicyclic) bond motifs is 1. The molecule has 4 aliphatic rings. The van der Waals surface area contributed by atoms with Gasteiger partial charge in [0.1, 0.15) is 0 Å². The van der Waals surface area contributed by atoms with E-state index in [9.17, 15) is 12.8 Å². The normalized spacial score (nSPS) is 40.7. The first-order chi connectivity index (χ1) is 7.91. The molecule has 4 rings (SSSR count). The summed E-state index contributed by atoms with van der Waals surface area (Å²) in [6.07, 6.45) is 6.66. The number of halogens is 1. The van der Waals surface area contributed by atoms with Crippen LogP contribution in [-0.2, 0) is 10.1 Å². The molecule has 4 nitrogen and oxygen atoms in total. The second-order valence-electron chi connectivity index (χ2n) is 5.59. The van der Waals surface area contributed by atoms with Crippen molar-refractivity contribution >= 4 is 10.1 Å². The largest absolute Gasteiger partial charge is 0.311 e. The molecule has 96 valence electrons. The van der Waals surface area contributed by atoms with E-state index in [2.05, 4.69) is 11.4 Å². The van der Waals surface area contributed by atoms with E-state index >= 15 is 0 Å². The summed E-state index contributed by atoms with van der Waals surface area (Å²) >= 11 is 0. The van der Waals surface area contributed by atoms with E-state index in [1.807, 2.05) is 0 Å². The highest BCUT2D eigenvalue weighted by atomic mass is 32.2. The van der Waals surface area contributed by atoms with Crippen LogP contribution < -0.4 is 5.32 Å². The molecule has 4 unspecified atom stereocenters. The lowest BCUT2D eigenvalue weighted by molar-refractivity contribution is 0.0247. The van der Waals surface area contributed by atoms with Gasteiger partial charge in [0, 0.05) is 12.0 Å². The van der Waals surface area contributed by atoms with Crippen molar-refractivity contribution in [3.05, 3.63) is 11.6 Å². The molecule has 2 fully saturated rings. The number of nitrogens with one attached hydrogen (secondary N) is 1. The van der Waals surface area contributed by atoms with Gasteiger partial charge in [0.15, 0.2) is 0 Å². The lowest BCUT2D eigenvalue weighted by Crippen LogP contribution is -2.56. The topological polar surface area (TPSA) is 66.4 Å². The fourth-order valence-corrected chi connectivity index (χ4v) is 4.23. The Morgan fingerprint density at radius 1 is 1.59 bits per heavy atom. The molecule has 2 saturated carbocycles. The summed E-state index contributed by atoms with van der Waals surface area (Å²) in [6, 6.07) is 0. The number of alkyl halides is 1. The van der Waals surface area contributed by atoms with Crippen molar-refractivity contribution in [2.45, 2.75) is 31.3 Å². The van der Waals surface area contributed by atoms with Crippen LogP contribution in [0.2, 0.25) is 0 Å². The van der Waals surface area contributed by atoms with E-state index < -0.39 is 15.7 Å². The molecule has 0 aromatic rings. The third-order valence-electron chi connectivity index (χ3n) is 4.52. The van der Waals surface area contributed by atoms with Gasteiger partial charge in [-0.3, -0.25) is 9.87 Å². The molecular weight excluding hydrogens is 245 g/mol. The Morgan fingerprint density at radius 3 is 2.88 bits per heavy atom. The van der Waals surface area contributed by atoms with Crippen LogP contribution in [0.3, 0.4) is 0 Å². The van der Waals surface area contributed by atoms with Gasteiger partial charge >= 0.3 is 10.1 Å². The van der Waals surface area contributed by atoms with Gasteiger partial charge in [0.05, 0.1) is 0 Å².